The molecule has 0 radical (unpaired) electrons. The fraction of sp³-hybridized carbons (Fsp3) is 0.368. The molecule has 0 bridgehead atoms. The second-order valence-corrected chi connectivity index (χ2v) is 7.79. The normalized spacial score (nSPS) is 11.3. The Bertz CT molecular complexity index is 734. The molecule has 0 aliphatic carbocycles. The summed E-state index contributed by atoms with van der Waals surface area (Å²) < 4.78 is 24.9. The highest BCUT2D eigenvalue weighted by Crippen LogP contribution is 2.18. The van der Waals surface area contributed by atoms with Gasteiger partial charge in [0.2, 0.25) is 0 Å². The smallest absolute Gasteiger partial charge is 0.178 e. The van der Waals surface area contributed by atoms with Gasteiger partial charge in [-0.05, 0) is 62.2 Å². The zero-order valence-electron chi connectivity index (χ0n) is 14.6. The van der Waals surface area contributed by atoms with Crippen molar-refractivity contribution >= 4 is 21.2 Å². The Morgan fingerprint density at radius 2 is 1.50 bits per heavy atom. The SMILES string of the molecule is CCN(CC)c1ccc(CCS(=O)(=O)c2ccc(NC)cc2)cc1. The molecular weight excluding hydrogens is 320 g/mol. The highest BCUT2D eigenvalue weighted by atomic mass is 32.2. The van der Waals surface area contributed by atoms with Gasteiger partial charge in [-0.25, -0.2) is 8.42 Å². The molecule has 0 saturated carbocycles. The summed E-state index contributed by atoms with van der Waals surface area (Å²) in [6.45, 7) is 6.19. The molecule has 4 nitrogen and oxygen atoms in total. The third-order valence-corrected chi connectivity index (χ3v) is 5.96. The third-order valence-electron chi connectivity index (χ3n) is 4.23. The number of benzene rings is 2. The van der Waals surface area contributed by atoms with Crippen molar-refractivity contribution in [1.29, 1.82) is 0 Å². The Balaban J connectivity index is 2.03. The molecule has 0 amide bonds. The number of hydrogen-bond donors (Lipinski definition) is 1. The first-order valence-electron chi connectivity index (χ1n) is 8.34. The largest absolute Gasteiger partial charge is 0.388 e. The van der Waals surface area contributed by atoms with Crippen molar-refractivity contribution in [3.8, 4) is 0 Å². The molecule has 0 heterocycles. The molecule has 0 aliphatic rings. The molecular formula is C19H26N2O2S. The van der Waals surface area contributed by atoms with Gasteiger partial charge < -0.3 is 10.2 Å². The standard InChI is InChI=1S/C19H26N2O2S/c1-4-21(5-2)18-10-6-16(7-11-18)14-15-24(22,23)19-12-8-17(20-3)9-13-19/h6-13,20H,4-5,14-15H2,1-3H3. The maximum atomic E-state index is 12.4. The molecule has 0 unspecified atom stereocenters. The molecule has 0 atom stereocenters. The Kier molecular flexibility index (Phi) is 6.26. The third kappa shape index (κ3) is 4.51. The van der Waals surface area contributed by atoms with E-state index in [4.69, 9.17) is 0 Å². The Labute approximate surface area is 145 Å². The van der Waals surface area contributed by atoms with Crippen LogP contribution in [0.1, 0.15) is 19.4 Å². The van der Waals surface area contributed by atoms with E-state index in [0.29, 0.717) is 11.3 Å². The quantitative estimate of drug-likeness (QED) is 0.793. The maximum Gasteiger partial charge on any atom is 0.178 e. The molecule has 0 aromatic heterocycles. The van der Waals surface area contributed by atoms with Gasteiger partial charge in [-0.15, -0.1) is 0 Å². The van der Waals surface area contributed by atoms with E-state index in [1.165, 1.54) is 5.69 Å². The van der Waals surface area contributed by atoms with E-state index < -0.39 is 9.84 Å². The van der Waals surface area contributed by atoms with Gasteiger partial charge in [0.1, 0.15) is 0 Å². The van der Waals surface area contributed by atoms with Crippen LogP contribution in [0.15, 0.2) is 53.4 Å². The molecule has 0 saturated heterocycles. The van der Waals surface area contributed by atoms with Crippen molar-refractivity contribution in [1.82, 2.24) is 0 Å². The molecule has 2 aromatic rings. The van der Waals surface area contributed by atoms with Crippen LogP contribution in [0.2, 0.25) is 0 Å². The highest BCUT2D eigenvalue weighted by molar-refractivity contribution is 7.91. The zero-order chi connectivity index (χ0) is 17.6. The van der Waals surface area contributed by atoms with Gasteiger partial charge in [-0.2, -0.15) is 0 Å². The minimum atomic E-state index is -3.26. The first-order valence-corrected chi connectivity index (χ1v) is 9.99. The summed E-state index contributed by atoms with van der Waals surface area (Å²) in [5, 5.41) is 2.99. The van der Waals surface area contributed by atoms with Gasteiger partial charge in [0, 0.05) is 31.5 Å². The van der Waals surface area contributed by atoms with E-state index in [1.54, 1.807) is 24.3 Å². The first-order chi connectivity index (χ1) is 11.5. The van der Waals surface area contributed by atoms with Crippen LogP contribution in [0.25, 0.3) is 0 Å². The summed E-state index contributed by atoms with van der Waals surface area (Å²) >= 11 is 0. The predicted molar refractivity (Wildman–Crippen MR) is 102 cm³/mol. The van der Waals surface area contributed by atoms with Crippen LogP contribution in [-0.4, -0.2) is 34.3 Å². The topological polar surface area (TPSA) is 49.4 Å². The van der Waals surface area contributed by atoms with Gasteiger partial charge in [-0.1, -0.05) is 12.1 Å². The second kappa shape index (κ2) is 8.20. The van der Waals surface area contributed by atoms with Crippen molar-refractivity contribution in [3.63, 3.8) is 0 Å². The summed E-state index contributed by atoms with van der Waals surface area (Å²) in [6, 6.07) is 15.1. The van der Waals surface area contributed by atoms with Gasteiger partial charge in [0.15, 0.2) is 9.84 Å². The van der Waals surface area contributed by atoms with Gasteiger partial charge in [0.25, 0.3) is 0 Å². The lowest BCUT2D eigenvalue weighted by molar-refractivity contribution is 0.595. The summed E-state index contributed by atoms with van der Waals surface area (Å²) in [7, 11) is -1.45. The molecule has 24 heavy (non-hydrogen) atoms. The van der Waals surface area contributed by atoms with E-state index in [0.717, 1.165) is 24.3 Å². The van der Waals surface area contributed by atoms with Crippen molar-refractivity contribution in [3.05, 3.63) is 54.1 Å². The lowest BCUT2D eigenvalue weighted by Gasteiger charge is -2.21. The Hall–Kier alpha value is -2.01. The van der Waals surface area contributed by atoms with Crippen LogP contribution < -0.4 is 10.2 Å². The first kappa shape index (κ1) is 18.3. The molecule has 0 aliphatic heterocycles. The Morgan fingerprint density at radius 1 is 0.917 bits per heavy atom. The fourth-order valence-corrected chi connectivity index (χ4v) is 3.95. The maximum absolute atomic E-state index is 12.4. The van der Waals surface area contributed by atoms with Gasteiger partial charge >= 0.3 is 0 Å². The minimum absolute atomic E-state index is 0.122. The Morgan fingerprint density at radius 3 is 2.00 bits per heavy atom. The van der Waals surface area contributed by atoms with Crippen molar-refractivity contribution in [2.45, 2.75) is 25.2 Å². The number of anilines is 2. The van der Waals surface area contributed by atoms with E-state index in [9.17, 15) is 8.42 Å². The van der Waals surface area contributed by atoms with Crippen molar-refractivity contribution in [2.24, 2.45) is 0 Å². The van der Waals surface area contributed by atoms with Crippen LogP contribution in [0, 0.1) is 0 Å². The number of aryl methyl sites for hydroxylation is 1. The molecule has 130 valence electrons. The zero-order valence-corrected chi connectivity index (χ0v) is 15.4. The summed E-state index contributed by atoms with van der Waals surface area (Å²) in [5.74, 6) is 0.122. The van der Waals surface area contributed by atoms with E-state index in [1.807, 2.05) is 19.2 Å². The molecule has 0 spiro atoms. The van der Waals surface area contributed by atoms with Gasteiger partial charge in [-0.3, -0.25) is 0 Å². The second-order valence-electron chi connectivity index (χ2n) is 5.68. The molecule has 5 heteroatoms. The average molecular weight is 346 g/mol. The molecule has 2 aromatic carbocycles. The van der Waals surface area contributed by atoms with E-state index in [2.05, 4.69) is 36.2 Å². The van der Waals surface area contributed by atoms with Crippen LogP contribution in [0.3, 0.4) is 0 Å². The van der Waals surface area contributed by atoms with Crippen LogP contribution in [0.4, 0.5) is 11.4 Å². The van der Waals surface area contributed by atoms with E-state index in [-0.39, 0.29) is 5.75 Å². The predicted octanol–water partition coefficient (Wildman–Crippen LogP) is 3.59. The molecule has 2 rings (SSSR count). The summed E-state index contributed by atoms with van der Waals surface area (Å²) in [5.41, 5.74) is 3.12. The van der Waals surface area contributed by atoms with Crippen LogP contribution in [-0.2, 0) is 16.3 Å². The van der Waals surface area contributed by atoms with Crippen molar-refractivity contribution < 1.29 is 8.42 Å². The van der Waals surface area contributed by atoms with Crippen LogP contribution >= 0.6 is 0 Å². The van der Waals surface area contributed by atoms with Gasteiger partial charge in [0.05, 0.1) is 10.6 Å². The molecule has 0 fully saturated rings. The molecule has 1 N–H and O–H groups in total. The lowest BCUT2D eigenvalue weighted by Crippen LogP contribution is -2.21. The highest BCUT2D eigenvalue weighted by Gasteiger charge is 2.14. The fourth-order valence-electron chi connectivity index (χ4n) is 2.66. The number of hydrogen-bond acceptors (Lipinski definition) is 4. The number of rotatable bonds is 8. The average Bonchev–Trinajstić information content (AvgIpc) is 2.62. The minimum Gasteiger partial charge on any atom is -0.388 e. The summed E-state index contributed by atoms with van der Waals surface area (Å²) in [6.07, 6.45) is 0.522. The number of nitrogens with zero attached hydrogens (tertiary/aromatic N) is 1. The number of nitrogens with one attached hydrogen (secondary N) is 1. The lowest BCUT2D eigenvalue weighted by atomic mass is 10.1. The summed E-state index contributed by atoms with van der Waals surface area (Å²) in [4.78, 5) is 2.64. The van der Waals surface area contributed by atoms with E-state index >= 15 is 0 Å². The monoisotopic (exact) mass is 346 g/mol. The number of sulfone groups is 1. The van der Waals surface area contributed by atoms with Crippen molar-refractivity contribution in [2.75, 3.05) is 36.1 Å². The van der Waals surface area contributed by atoms with Crippen LogP contribution in [0.5, 0.6) is 0 Å².